The lowest BCUT2D eigenvalue weighted by Gasteiger charge is -2.26. The molecule has 2 nitrogen and oxygen atoms in total. The number of nitrogens with zero attached hydrogens (tertiary/aromatic N) is 2. The van der Waals surface area contributed by atoms with Crippen molar-refractivity contribution in [1.29, 1.82) is 0 Å². The molecule has 0 unspecified atom stereocenters. The Labute approximate surface area is 90.3 Å². The van der Waals surface area contributed by atoms with Crippen LogP contribution >= 0.6 is 0 Å². The van der Waals surface area contributed by atoms with E-state index in [-0.39, 0.29) is 0 Å². The number of hydrogen-bond acceptors (Lipinski definition) is 2. The van der Waals surface area contributed by atoms with E-state index in [4.69, 9.17) is 0 Å². The monoisotopic (exact) mass is 200 g/mol. The van der Waals surface area contributed by atoms with Gasteiger partial charge in [0, 0.05) is 6.04 Å². The lowest BCUT2D eigenvalue weighted by molar-refractivity contribution is 0.209. The van der Waals surface area contributed by atoms with Crippen LogP contribution in [0.4, 0.5) is 0 Å². The fraction of sp³-hybridized carbons (Fsp3) is 1.00. The van der Waals surface area contributed by atoms with Gasteiger partial charge in [-0.2, -0.15) is 0 Å². The van der Waals surface area contributed by atoms with E-state index in [2.05, 4.69) is 44.4 Å². The van der Waals surface area contributed by atoms with Gasteiger partial charge in [-0.05, 0) is 53.0 Å². The van der Waals surface area contributed by atoms with Crippen molar-refractivity contribution in [1.82, 2.24) is 9.80 Å². The van der Waals surface area contributed by atoms with Crippen LogP contribution in [0.5, 0.6) is 0 Å². The van der Waals surface area contributed by atoms with Crippen molar-refractivity contribution in [2.24, 2.45) is 0 Å². The van der Waals surface area contributed by atoms with Gasteiger partial charge in [0.05, 0.1) is 0 Å². The Morgan fingerprint density at radius 3 is 1.79 bits per heavy atom. The van der Waals surface area contributed by atoms with Crippen LogP contribution in [-0.4, -0.2) is 48.6 Å². The maximum Gasteiger partial charge on any atom is 0.00384 e. The summed E-state index contributed by atoms with van der Waals surface area (Å²) in [7, 11) is 0. The minimum atomic E-state index is 0.691. The molecule has 0 aromatic carbocycles. The normalized spacial score (nSPS) is 12.0. The summed E-state index contributed by atoms with van der Waals surface area (Å²) in [4.78, 5) is 5.03. The molecule has 0 bridgehead atoms. The van der Waals surface area contributed by atoms with Gasteiger partial charge in [0.1, 0.15) is 0 Å². The van der Waals surface area contributed by atoms with Crippen LogP contribution in [0, 0.1) is 0 Å². The highest BCUT2D eigenvalue weighted by atomic mass is 15.2. The first-order valence-corrected chi connectivity index (χ1v) is 6.12. The molecule has 0 fully saturated rings. The molecule has 0 aliphatic rings. The molecule has 86 valence electrons. The summed E-state index contributed by atoms with van der Waals surface area (Å²) in [5, 5.41) is 0. The second kappa shape index (κ2) is 8.25. The quantitative estimate of drug-likeness (QED) is 0.594. The second-order valence-electron chi connectivity index (χ2n) is 4.10. The first-order valence-electron chi connectivity index (χ1n) is 6.12. The standard InChI is InChI=1S/C12H28N2/c1-6-13(7-2)10-9-11-14(8-3)12(4)5/h12H,6-11H2,1-5H3. The molecule has 0 N–H and O–H groups in total. The predicted molar refractivity (Wildman–Crippen MR) is 64.8 cm³/mol. The smallest absolute Gasteiger partial charge is 0.00384 e. The van der Waals surface area contributed by atoms with Gasteiger partial charge in [0.25, 0.3) is 0 Å². The fourth-order valence-electron chi connectivity index (χ4n) is 1.82. The van der Waals surface area contributed by atoms with Crippen molar-refractivity contribution in [3.8, 4) is 0 Å². The van der Waals surface area contributed by atoms with E-state index in [1.807, 2.05) is 0 Å². The molecular formula is C12H28N2. The molecule has 0 saturated carbocycles. The first-order chi connectivity index (χ1) is 6.65. The van der Waals surface area contributed by atoms with E-state index < -0.39 is 0 Å². The molecule has 14 heavy (non-hydrogen) atoms. The predicted octanol–water partition coefficient (Wildman–Crippen LogP) is 2.45. The van der Waals surface area contributed by atoms with Gasteiger partial charge in [-0.15, -0.1) is 0 Å². The third-order valence-corrected chi connectivity index (χ3v) is 2.95. The lowest BCUT2D eigenvalue weighted by Crippen LogP contribution is -2.34. The van der Waals surface area contributed by atoms with Crippen LogP contribution in [0.25, 0.3) is 0 Å². The van der Waals surface area contributed by atoms with Crippen LogP contribution in [-0.2, 0) is 0 Å². The molecule has 0 rings (SSSR count). The molecule has 0 spiro atoms. The van der Waals surface area contributed by atoms with Gasteiger partial charge in [0.2, 0.25) is 0 Å². The minimum absolute atomic E-state index is 0.691. The number of rotatable bonds is 8. The summed E-state index contributed by atoms with van der Waals surface area (Å²) in [5.41, 5.74) is 0. The van der Waals surface area contributed by atoms with E-state index in [1.54, 1.807) is 0 Å². The maximum atomic E-state index is 2.53. The van der Waals surface area contributed by atoms with E-state index in [0.29, 0.717) is 6.04 Å². The summed E-state index contributed by atoms with van der Waals surface area (Å²) >= 11 is 0. The third kappa shape index (κ3) is 5.61. The van der Waals surface area contributed by atoms with E-state index in [1.165, 1.54) is 39.1 Å². The third-order valence-electron chi connectivity index (χ3n) is 2.95. The molecule has 0 aliphatic heterocycles. The van der Waals surface area contributed by atoms with E-state index in [0.717, 1.165) is 0 Å². The molecule has 0 aromatic rings. The summed E-state index contributed by atoms with van der Waals surface area (Å²) in [6.07, 6.45) is 1.30. The average molecular weight is 200 g/mol. The zero-order chi connectivity index (χ0) is 11.0. The Morgan fingerprint density at radius 2 is 1.43 bits per heavy atom. The summed E-state index contributed by atoms with van der Waals surface area (Å²) in [5.74, 6) is 0. The zero-order valence-corrected chi connectivity index (χ0v) is 10.7. The highest BCUT2D eigenvalue weighted by Crippen LogP contribution is 2.00. The Hall–Kier alpha value is -0.0800. The van der Waals surface area contributed by atoms with Crippen molar-refractivity contribution in [3.05, 3.63) is 0 Å². The molecule has 0 heterocycles. The van der Waals surface area contributed by atoms with Gasteiger partial charge in [0.15, 0.2) is 0 Å². The molecule has 2 heteroatoms. The highest BCUT2D eigenvalue weighted by molar-refractivity contribution is 4.62. The zero-order valence-electron chi connectivity index (χ0n) is 10.7. The highest BCUT2D eigenvalue weighted by Gasteiger charge is 2.06. The van der Waals surface area contributed by atoms with Crippen LogP contribution in [0.2, 0.25) is 0 Å². The molecule has 0 aromatic heterocycles. The average Bonchev–Trinajstić information content (AvgIpc) is 2.18. The van der Waals surface area contributed by atoms with Crippen LogP contribution in [0.15, 0.2) is 0 Å². The SMILES string of the molecule is CCN(CC)CCCN(CC)C(C)C. The maximum absolute atomic E-state index is 2.53. The summed E-state index contributed by atoms with van der Waals surface area (Å²) in [6, 6.07) is 0.691. The van der Waals surface area contributed by atoms with E-state index >= 15 is 0 Å². The van der Waals surface area contributed by atoms with Crippen molar-refractivity contribution in [3.63, 3.8) is 0 Å². The van der Waals surface area contributed by atoms with Crippen molar-refractivity contribution >= 4 is 0 Å². The van der Waals surface area contributed by atoms with Crippen LogP contribution in [0.3, 0.4) is 0 Å². The lowest BCUT2D eigenvalue weighted by atomic mass is 10.2. The molecule has 0 saturated heterocycles. The van der Waals surface area contributed by atoms with Crippen LogP contribution < -0.4 is 0 Å². The van der Waals surface area contributed by atoms with Gasteiger partial charge < -0.3 is 9.80 Å². The Balaban J connectivity index is 3.59. The fourth-order valence-corrected chi connectivity index (χ4v) is 1.82. The molecule has 0 amide bonds. The van der Waals surface area contributed by atoms with Crippen LogP contribution in [0.1, 0.15) is 41.0 Å². The van der Waals surface area contributed by atoms with Gasteiger partial charge in [-0.1, -0.05) is 20.8 Å². The second-order valence-corrected chi connectivity index (χ2v) is 4.10. The summed E-state index contributed by atoms with van der Waals surface area (Å²) < 4.78 is 0. The van der Waals surface area contributed by atoms with Crippen molar-refractivity contribution in [2.45, 2.75) is 47.1 Å². The van der Waals surface area contributed by atoms with Gasteiger partial charge in [-0.3, -0.25) is 0 Å². The largest absolute Gasteiger partial charge is 0.304 e. The number of hydrogen-bond donors (Lipinski definition) is 0. The van der Waals surface area contributed by atoms with E-state index in [9.17, 15) is 0 Å². The Bertz CT molecular complexity index is 119. The molecule has 0 aliphatic carbocycles. The molecular weight excluding hydrogens is 172 g/mol. The van der Waals surface area contributed by atoms with Gasteiger partial charge in [-0.25, -0.2) is 0 Å². The molecule has 0 atom stereocenters. The van der Waals surface area contributed by atoms with Crippen molar-refractivity contribution < 1.29 is 0 Å². The summed E-state index contributed by atoms with van der Waals surface area (Å²) in [6.45, 7) is 17.3. The molecule has 0 radical (unpaired) electrons. The Kier molecular flexibility index (Phi) is 8.20. The van der Waals surface area contributed by atoms with Crippen molar-refractivity contribution in [2.75, 3.05) is 32.7 Å². The Morgan fingerprint density at radius 1 is 0.857 bits per heavy atom. The minimum Gasteiger partial charge on any atom is -0.304 e. The van der Waals surface area contributed by atoms with Gasteiger partial charge >= 0.3 is 0 Å². The topological polar surface area (TPSA) is 6.48 Å². The first kappa shape index (κ1) is 13.9.